The minimum Gasteiger partial charge on any atom is -0.356 e. The van der Waals surface area contributed by atoms with Gasteiger partial charge in [-0.25, -0.2) is 0 Å². The number of halogens is 1. The summed E-state index contributed by atoms with van der Waals surface area (Å²) >= 11 is 0. The molecule has 0 amide bonds. The standard InChI is InChI=1S/FH.Mn.2NO3/c;;2*2-1(3)4/h1H;;;/q;;2*-1. The van der Waals surface area contributed by atoms with Gasteiger partial charge in [0.15, 0.2) is 0 Å². The fourth-order valence-corrected chi connectivity index (χ4v) is 0. The summed E-state index contributed by atoms with van der Waals surface area (Å²) < 4.78 is 0. The second kappa shape index (κ2) is 15.7. The van der Waals surface area contributed by atoms with E-state index in [0.717, 1.165) is 0 Å². The number of hydrogen-bond acceptors (Lipinski definition) is 6. The summed E-state index contributed by atoms with van der Waals surface area (Å²) in [7, 11) is 0. The van der Waals surface area contributed by atoms with E-state index in [2.05, 4.69) is 0 Å². The van der Waals surface area contributed by atoms with Crippen molar-refractivity contribution in [2.75, 3.05) is 0 Å². The van der Waals surface area contributed by atoms with Gasteiger partial charge in [-0.3, -0.25) is 4.70 Å². The van der Waals surface area contributed by atoms with Crippen LogP contribution in [-0.4, -0.2) is 10.2 Å². The summed E-state index contributed by atoms with van der Waals surface area (Å²) in [5, 5.41) is 29.5. The van der Waals surface area contributed by atoms with Gasteiger partial charge < -0.3 is 30.6 Å². The first-order chi connectivity index (χ1) is 3.46. The van der Waals surface area contributed by atoms with Crippen LogP contribution in [0.3, 0.4) is 0 Å². The van der Waals surface area contributed by atoms with Gasteiger partial charge in [0.2, 0.25) is 0 Å². The summed E-state index contributed by atoms with van der Waals surface area (Å²) in [6, 6.07) is 0. The van der Waals surface area contributed by atoms with Gasteiger partial charge in [0.1, 0.15) is 0 Å². The molecule has 0 aromatic carbocycles. The normalized spacial score (nSPS) is 4.80. The van der Waals surface area contributed by atoms with Crippen molar-refractivity contribution in [1.29, 1.82) is 0 Å². The average Bonchev–Trinajstić information content (AvgIpc) is 1.25. The molecule has 0 fully saturated rings. The van der Waals surface area contributed by atoms with Crippen LogP contribution in [0, 0.1) is 30.6 Å². The maximum atomic E-state index is 8.25. The molecule has 0 rings (SSSR count). The Morgan fingerprint density at radius 1 is 0.800 bits per heavy atom. The zero-order valence-corrected chi connectivity index (χ0v) is 5.31. The fraction of sp³-hybridized carbons (Fsp3) is 0. The van der Waals surface area contributed by atoms with Crippen LogP contribution in [0.15, 0.2) is 0 Å². The van der Waals surface area contributed by atoms with Crippen molar-refractivity contribution in [3.8, 4) is 0 Å². The minimum atomic E-state index is -1.75. The molecule has 0 spiro atoms. The number of nitrogens with zero attached hydrogens (tertiary/aromatic N) is 2. The third-order valence-corrected chi connectivity index (χ3v) is 0. The van der Waals surface area contributed by atoms with Crippen molar-refractivity contribution in [2.45, 2.75) is 0 Å². The van der Waals surface area contributed by atoms with Crippen molar-refractivity contribution >= 4 is 0 Å². The molecular formula is HFMnN2O6-2. The van der Waals surface area contributed by atoms with Gasteiger partial charge in [0, 0.05) is 17.1 Å². The first-order valence-electron chi connectivity index (χ1n) is 1.10. The second-order valence-corrected chi connectivity index (χ2v) is 0.447. The van der Waals surface area contributed by atoms with Crippen molar-refractivity contribution in [1.82, 2.24) is 0 Å². The van der Waals surface area contributed by atoms with Gasteiger partial charge in [-0.1, -0.05) is 0 Å². The minimum absolute atomic E-state index is 0. The van der Waals surface area contributed by atoms with Crippen LogP contribution in [0.5, 0.6) is 0 Å². The van der Waals surface area contributed by atoms with E-state index >= 15 is 0 Å². The van der Waals surface area contributed by atoms with E-state index in [9.17, 15) is 0 Å². The predicted octanol–water partition coefficient (Wildman–Crippen LogP) is -0.328. The van der Waals surface area contributed by atoms with Gasteiger partial charge in [0.05, 0.1) is 10.2 Å². The zero-order valence-electron chi connectivity index (χ0n) is 4.13. The van der Waals surface area contributed by atoms with E-state index in [1.165, 1.54) is 0 Å². The Morgan fingerprint density at radius 2 is 0.800 bits per heavy atom. The van der Waals surface area contributed by atoms with Crippen LogP contribution >= 0.6 is 0 Å². The Hall–Kier alpha value is -1.15. The molecule has 0 saturated carbocycles. The molecule has 0 aromatic rings. The Bertz CT molecular complexity index is 73.7. The molecule has 10 heavy (non-hydrogen) atoms. The molecule has 0 aliphatic heterocycles. The molecule has 0 saturated heterocycles. The second-order valence-electron chi connectivity index (χ2n) is 0.447. The quantitative estimate of drug-likeness (QED) is 0.298. The molecule has 0 aromatic heterocycles. The number of rotatable bonds is 0. The van der Waals surface area contributed by atoms with E-state index in [4.69, 9.17) is 30.6 Å². The van der Waals surface area contributed by atoms with E-state index in [1.54, 1.807) is 0 Å². The van der Waals surface area contributed by atoms with Crippen molar-refractivity contribution < 1.29 is 31.9 Å². The zero-order chi connectivity index (χ0) is 7.15. The molecule has 1 radical (unpaired) electrons. The number of hydrogen-bond donors (Lipinski definition) is 0. The summed E-state index contributed by atoms with van der Waals surface area (Å²) in [6.07, 6.45) is 0. The molecule has 8 nitrogen and oxygen atoms in total. The van der Waals surface area contributed by atoms with Crippen molar-refractivity contribution in [3.05, 3.63) is 30.6 Å². The third kappa shape index (κ3) is 177. The Kier molecular flexibility index (Phi) is 36.3. The van der Waals surface area contributed by atoms with Crippen molar-refractivity contribution in [3.63, 3.8) is 0 Å². The maximum Gasteiger partial charge on any atom is 0.0689 e. The largest absolute Gasteiger partial charge is 0.356 e. The van der Waals surface area contributed by atoms with Crippen LogP contribution in [0.2, 0.25) is 0 Å². The summed E-state index contributed by atoms with van der Waals surface area (Å²) in [6.45, 7) is 0. The van der Waals surface area contributed by atoms with E-state index in [-0.39, 0.29) is 21.8 Å². The van der Waals surface area contributed by atoms with Crippen LogP contribution in [0.1, 0.15) is 0 Å². The molecule has 63 valence electrons. The van der Waals surface area contributed by atoms with Gasteiger partial charge in [0.25, 0.3) is 0 Å². The van der Waals surface area contributed by atoms with Crippen LogP contribution in [0.25, 0.3) is 0 Å². The summed E-state index contributed by atoms with van der Waals surface area (Å²) in [4.78, 5) is 16.5. The van der Waals surface area contributed by atoms with Crippen molar-refractivity contribution in [2.24, 2.45) is 0 Å². The third-order valence-electron chi connectivity index (χ3n) is 0. The summed E-state index contributed by atoms with van der Waals surface area (Å²) in [5.41, 5.74) is 0. The SMILES string of the molecule is F.O=[N+]([O-])[O-].O=[N+]([O-])[O-].[Mn]. The van der Waals surface area contributed by atoms with Gasteiger partial charge in [-0.15, -0.1) is 0 Å². The first kappa shape index (κ1) is 23.2. The monoisotopic (exact) mass is 199 g/mol. The summed E-state index contributed by atoms with van der Waals surface area (Å²) in [5.74, 6) is 0. The molecule has 0 N–H and O–H groups in total. The van der Waals surface area contributed by atoms with Gasteiger partial charge in [-0.2, -0.15) is 0 Å². The molecule has 10 heteroatoms. The van der Waals surface area contributed by atoms with Crippen LogP contribution in [0.4, 0.5) is 4.70 Å². The molecular weight excluding hydrogens is 198 g/mol. The van der Waals surface area contributed by atoms with E-state index in [1.807, 2.05) is 0 Å². The molecule has 0 heterocycles. The first-order valence-corrected chi connectivity index (χ1v) is 1.10. The van der Waals surface area contributed by atoms with Gasteiger partial charge in [-0.05, 0) is 0 Å². The Morgan fingerprint density at radius 3 is 0.800 bits per heavy atom. The molecule has 0 aliphatic carbocycles. The maximum absolute atomic E-state index is 8.25. The molecule has 0 aliphatic rings. The Labute approximate surface area is 63.5 Å². The topological polar surface area (TPSA) is 132 Å². The van der Waals surface area contributed by atoms with Crippen LogP contribution in [-0.2, 0) is 17.1 Å². The smallest absolute Gasteiger partial charge is 0.0689 e. The predicted molar refractivity (Wildman–Crippen MR) is 23.2 cm³/mol. The average molecular weight is 199 g/mol. The van der Waals surface area contributed by atoms with Gasteiger partial charge >= 0.3 is 0 Å². The van der Waals surface area contributed by atoms with Crippen LogP contribution < -0.4 is 0 Å². The fourth-order valence-electron chi connectivity index (χ4n) is 0. The Balaban J connectivity index is -0.0000000300. The van der Waals surface area contributed by atoms with E-state index < -0.39 is 10.2 Å². The molecule has 0 bridgehead atoms. The van der Waals surface area contributed by atoms with E-state index in [0.29, 0.717) is 0 Å². The molecule has 0 unspecified atom stereocenters. The molecule has 0 atom stereocenters.